The average Bonchev–Trinajstić information content (AvgIpc) is 2.70. The van der Waals surface area contributed by atoms with E-state index in [4.69, 9.17) is 18.9 Å². The Kier molecular flexibility index (Phi) is 9.66. The van der Waals surface area contributed by atoms with E-state index in [1.807, 2.05) is 0 Å². The van der Waals surface area contributed by atoms with Gasteiger partial charge in [-0.3, -0.25) is 9.59 Å². The Morgan fingerprint density at radius 1 is 0.971 bits per heavy atom. The first-order valence-electron chi connectivity index (χ1n) is 10.5. The Morgan fingerprint density at radius 2 is 1.56 bits per heavy atom. The molecule has 34 heavy (non-hydrogen) atoms. The fourth-order valence-electron chi connectivity index (χ4n) is 2.65. The molecule has 0 unspecified atom stereocenters. The molecular weight excluding hydrogens is 444 g/mol. The minimum Gasteiger partial charge on any atom is -0.490 e. The number of carbonyl (C=O) groups excluding carboxylic acids is 4. The zero-order valence-electron chi connectivity index (χ0n) is 21.2. The molecule has 0 saturated heterocycles. The van der Waals surface area contributed by atoms with E-state index in [2.05, 4.69) is 5.32 Å². The van der Waals surface area contributed by atoms with Crippen molar-refractivity contribution in [3.05, 3.63) is 40.8 Å². The number of hydrogen-bond donors (Lipinski definition) is 1. The van der Waals surface area contributed by atoms with Crippen LogP contribution in [0.4, 0.5) is 10.5 Å². The molecule has 0 spiro atoms. The predicted molar refractivity (Wildman–Crippen MR) is 125 cm³/mol. The summed E-state index contributed by atoms with van der Waals surface area (Å²) in [4.78, 5) is 50.3. The van der Waals surface area contributed by atoms with Gasteiger partial charge in [-0.2, -0.15) is 0 Å². The Hall–Kier alpha value is -3.56. The van der Waals surface area contributed by atoms with Gasteiger partial charge < -0.3 is 29.2 Å². The number of aldehydes is 1. The molecule has 1 aromatic carbocycles. The number of methoxy groups -OCH3 is 2. The van der Waals surface area contributed by atoms with Gasteiger partial charge in [0.25, 0.3) is 5.91 Å². The highest BCUT2D eigenvalue weighted by Crippen LogP contribution is 2.23. The van der Waals surface area contributed by atoms with Crippen LogP contribution in [0.1, 0.15) is 57.5 Å². The summed E-state index contributed by atoms with van der Waals surface area (Å²) >= 11 is 0. The maximum atomic E-state index is 12.7. The van der Waals surface area contributed by atoms with Crippen molar-refractivity contribution in [1.82, 2.24) is 4.90 Å². The van der Waals surface area contributed by atoms with Crippen LogP contribution in [-0.2, 0) is 35.1 Å². The molecule has 0 saturated carbocycles. The van der Waals surface area contributed by atoms with Gasteiger partial charge in [-0.1, -0.05) is 0 Å². The molecular formula is C24H34N2O8. The van der Waals surface area contributed by atoms with Crippen molar-refractivity contribution in [2.45, 2.75) is 59.3 Å². The second-order valence-electron chi connectivity index (χ2n) is 9.38. The first-order chi connectivity index (χ1) is 15.6. The van der Waals surface area contributed by atoms with E-state index in [0.717, 1.165) is 0 Å². The maximum Gasteiger partial charge on any atom is 0.410 e. The summed E-state index contributed by atoms with van der Waals surface area (Å²) in [6.07, 6.45) is -0.242. The summed E-state index contributed by atoms with van der Waals surface area (Å²) < 4.78 is 20.7. The zero-order valence-corrected chi connectivity index (χ0v) is 21.2. The molecule has 10 nitrogen and oxygen atoms in total. The number of nitrogens with one attached hydrogen (secondary N) is 1. The lowest BCUT2D eigenvalue weighted by Gasteiger charge is -2.25. The third-order valence-electron chi connectivity index (χ3n) is 4.06. The molecule has 0 aliphatic rings. The van der Waals surface area contributed by atoms with Crippen LogP contribution in [0, 0.1) is 0 Å². The van der Waals surface area contributed by atoms with E-state index in [-0.39, 0.29) is 29.3 Å². The monoisotopic (exact) mass is 478 g/mol. The molecule has 10 heteroatoms. The van der Waals surface area contributed by atoms with Crippen molar-refractivity contribution in [1.29, 1.82) is 0 Å². The second kappa shape index (κ2) is 11.5. The number of ether oxygens (including phenoxy) is 4. The van der Waals surface area contributed by atoms with E-state index in [0.29, 0.717) is 11.8 Å². The Labute approximate surface area is 200 Å². The lowest BCUT2D eigenvalue weighted by atomic mass is 10.1. The van der Waals surface area contributed by atoms with Crippen molar-refractivity contribution in [3.8, 4) is 0 Å². The van der Waals surface area contributed by atoms with Crippen molar-refractivity contribution >= 4 is 29.9 Å². The molecule has 0 aliphatic heterocycles. The van der Waals surface area contributed by atoms with E-state index in [1.165, 1.54) is 44.4 Å². The van der Waals surface area contributed by atoms with E-state index in [1.54, 1.807) is 41.5 Å². The van der Waals surface area contributed by atoms with Crippen LogP contribution in [0.5, 0.6) is 0 Å². The van der Waals surface area contributed by atoms with Crippen LogP contribution in [0.25, 0.3) is 0 Å². The number of carbonyl (C=O) groups is 4. The smallest absolute Gasteiger partial charge is 0.410 e. The molecule has 1 rings (SSSR count). The van der Waals surface area contributed by atoms with Crippen molar-refractivity contribution in [2.24, 2.45) is 0 Å². The topological polar surface area (TPSA) is 120 Å². The van der Waals surface area contributed by atoms with Crippen LogP contribution in [0.2, 0.25) is 0 Å². The number of hydrogen-bond acceptors (Lipinski definition) is 8. The van der Waals surface area contributed by atoms with Crippen molar-refractivity contribution < 1.29 is 38.1 Å². The normalized spacial score (nSPS) is 12.1. The van der Waals surface area contributed by atoms with Crippen LogP contribution < -0.4 is 5.32 Å². The zero-order chi connectivity index (χ0) is 26.3. The van der Waals surface area contributed by atoms with Gasteiger partial charge in [-0.05, 0) is 65.3 Å². The quantitative estimate of drug-likeness (QED) is 0.260. The largest absolute Gasteiger partial charge is 0.490 e. The van der Waals surface area contributed by atoms with E-state index < -0.39 is 29.2 Å². The fraction of sp³-hybridized carbons (Fsp3) is 0.500. The Morgan fingerprint density at radius 3 is 2.03 bits per heavy atom. The number of benzene rings is 1. The molecule has 188 valence electrons. The lowest BCUT2D eigenvalue weighted by molar-refractivity contribution is -0.117. The Balaban J connectivity index is 3.38. The van der Waals surface area contributed by atoms with Gasteiger partial charge in [0, 0.05) is 12.7 Å². The van der Waals surface area contributed by atoms with Gasteiger partial charge >= 0.3 is 12.1 Å². The first-order valence-corrected chi connectivity index (χ1v) is 10.5. The number of esters is 1. The molecule has 1 N–H and O–H groups in total. The number of rotatable bonds is 8. The lowest BCUT2D eigenvalue weighted by Crippen LogP contribution is -2.34. The molecule has 0 bridgehead atoms. The summed E-state index contributed by atoms with van der Waals surface area (Å²) in [5.41, 5.74) is -0.478. The van der Waals surface area contributed by atoms with Gasteiger partial charge in [-0.25, -0.2) is 9.59 Å². The van der Waals surface area contributed by atoms with E-state index >= 15 is 0 Å². The summed E-state index contributed by atoms with van der Waals surface area (Å²) in [5, 5.41) is 2.63. The highest BCUT2D eigenvalue weighted by Gasteiger charge is 2.24. The molecule has 2 amide bonds. The van der Waals surface area contributed by atoms with Crippen LogP contribution >= 0.6 is 0 Å². The maximum absolute atomic E-state index is 12.7. The standard InChI is InChI=1S/C24H34N2O8/c1-23(2,3)33-21(29)15-10-11-17(25-20(28)19(32-9)18(14-27)31-8)16(12-15)13-26(7)22(30)34-24(4,5)6/h10-12,14H,13H2,1-9H3,(H,25,28)/b19-18+. The van der Waals surface area contributed by atoms with Gasteiger partial charge in [-0.15, -0.1) is 0 Å². The highest BCUT2D eigenvalue weighted by atomic mass is 16.6. The number of amides is 2. The fourth-order valence-corrected chi connectivity index (χ4v) is 2.65. The predicted octanol–water partition coefficient (Wildman–Crippen LogP) is 3.65. The molecule has 0 aliphatic carbocycles. The Bertz CT molecular complexity index is 955. The van der Waals surface area contributed by atoms with Gasteiger partial charge in [0.2, 0.25) is 11.5 Å². The third-order valence-corrected chi connectivity index (χ3v) is 4.06. The summed E-state index contributed by atoms with van der Waals surface area (Å²) in [7, 11) is 3.98. The second-order valence-corrected chi connectivity index (χ2v) is 9.38. The van der Waals surface area contributed by atoms with Crippen LogP contribution in [-0.4, -0.2) is 61.6 Å². The van der Waals surface area contributed by atoms with Crippen molar-refractivity contribution in [3.63, 3.8) is 0 Å². The minimum atomic E-state index is -0.752. The summed E-state index contributed by atoms with van der Waals surface area (Å²) in [5.74, 6) is -1.94. The van der Waals surface area contributed by atoms with E-state index in [9.17, 15) is 19.2 Å². The van der Waals surface area contributed by atoms with Crippen molar-refractivity contribution in [2.75, 3.05) is 26.6 Å². The number of nitrogens with zero attached hydrogens (tertiary/aromatic N) is 1. The van der Waals surface area contributed by atoms with Crippen LogP contribution in [0.15, 0.2) is 29.7 Å². The molecule has 0 radical (unpaired) electrons. The van der Waals surface area contributed by atoms with Gasteiger partial charge in [0.1, 0.15) is 11.2 Å². The number of anilines is 1. The van der Waals surface area contributed by atoms with Gasteiger partial charge in [0.05, 0.1) is 26.3 Å². The van der Waals surface area contributed by atoms with Crippen LogP contribution in [0.3, 0.4) is 0 Å². The third kappa shape index (κ3) is 8.76. The number of allylic oxidation sites excluding steroid dienone is 1. The SMILES string of the molecule is CO/C(C=O)=C(/OC)C(=O)Nc1ccc(C(=O)OC(C)(C)C)cc1CN(C)C(=O)OC(C)(C)C. The summed E-state index contributed by atoms with van der Waals surface area (Å²) in [6.45, 7) is 10.5. The minimum absolute atomic E-state index is 0.00197. The van der Waals surface area contributed by atoms with Gasteiger partial charge in [0.15, 0.2) is 6.29 Å². The molecule has 0 aromatic heterocycles. The molecule has 0 fully saturated rings. The highest BCUT2D eigenvalue weighted by molar-refractivity contribution is 6.05. The molecule has 0 atom stereocenters. The first kappa shape index (κ1) is 28.5. The molecule has 1 aromatic rings. The molecule has 0 heterocycles. The summed E-state index contributed by atoms with van der Waals surface area (Å²) in [6, 6.07) is 4.49. The average molecular weight is 479 g/mol.